The van der Waals surface area contributed by atoms with Crippen LogP contribution >= 0.6 is 0 Å². The number of ketones is 1. The van der Waals surface area contributed by atoms with Crippen LogP contribution in [0.1, 0.15) is 32.6 Å². The molecular weight excluding hydrogens is 242 g/mol. The maximum atomic E-state index is 12.5. The van der Waals surface area contributed by atoms with Gasteiger partial charge in [-0.15, -0.1) is 0 Å². The number of nitrogens with zero attached hydrogens (tertiary/aromatic N) is 2. The summed E-state index contributed by atoms with van der Waals surface area (Å²) < 4.78 is 0. The topological polar surface area (TPSA) is 52.7 Å². The Labute approximate surface area is 115 Å². The van der Waals surface area contributed by atoms with Crippen molar-refractivity contribution in [3.63, 3.8) is 0 Å². The predicted molar refractivity (Wildman–Crippen MR) is 74.0 cm³/mol. The average Bonchev–Trinajstić information content (AvgIpc) is 2.33. The van der Waals surface area contributed by atoms with Crippen LogP contribution in [0.15, 0.2) is 0 Å². The number of carbonyl (C=O) groups is 2. The molecule has 1 atom stereocenters. The molecule has 1 saturated heterocycles. The van der Waals surface area contributed by atoms with Gasteiger partial charge in [0.05, 0.1) is 0 Å². The summed E-state index contributed by atoms with van der Waals surface area (Å²) in [5, 5.41) is 2.89. The molecule has 1 N–H and O–H groups in total. The summed E-state index contributed by atoms with van der Waals surface area (Å²) in [7, 11) is 2.02. The van der Waals surface area contributed by atoms with Crippen LogP contribution in [-0.2, 0) is 4.79 Å². The molecule has 2 fully saturated rings. The van der Waals surface area contributed by atoms with Gasteiger partial charge in [0.2, 0.25) is 0 Å². The molecule has 1 saturated carbocycles. The van der Waals surface area contributed by atoms with Crippen LogP contribution in [0, 0.1) is 5.92 Å². The van der Waals surface area contributed by atoms with E-state index >= 15 is 0 Å². The predicted octanol–water partition coefficient (Wildman–Crippen LogP) is 1.09. The lowest BCUT2D eigenvalue weighted by atomic mass is 9.79. The summed E-state index contributed by atoms with van der Waals surface area (Å²) in [4.78, 5) is 28.5. The third-order valence-corrected chi connectivity index (χ3v) is 4.21. The van der Waals surface area contributed by atoms with Crippen molar-refractivity contribution in [2.75, 3.05) is 33.2 Å². The number of carbonyl (C=O) groups excluding carboxylic acids is 2. The zero-order valence-corrected chi connectivity index (χ0v) is 12.0. The highest BCUT2D eigenvalue weighted by molar-refractivity contribution is 5.91. The summed E-state index contributed by atoms with van der Waals surface area (Å²) in [5.74, 6) is 0.461. The van der Waals surface area contributed by atoms with Gasteiger partial charge in [0.1, 0.15) is 6.04 Å². The summed E-state index contributed by atoms with van der Waals surface area (Å²) in [5.41, 5.74) is 0. The fourth-order valence-electron chi connectivity index (χ4n) is 2.70. The van der Waals surface area contributed by atoms with E-state index in [2.05, 4.69) is 10.2 Å². The molecule has 0 radical (unpaired) electrons. The van der Waals surface area contributed by atoms with Gasteiger partial charge in [0, 0.05) is 32.1 Å². The first-order valence-corrected chi connectivity index (χ1v) is 7.40. The van der Waals surface area contributed by atoms with Gasteiger partial charge in [-0.1, -0.05) is 13.3 Å². The minimum atomic E-state index is -0.249. The molecule has 2 amide bonds. The van der Waals surface area contributed by atoms with Crippen molar-refractivity contribution in [1.29, 1.82) is 0 Å². The Morgan fingerprint density at radius 2 is 2.00 bits per heavy atom. The van der Waals surface area contributed by atoms with Crippen LogP contribution in [0.3, 0.4) is 0 Å². The van der Waals surface area contributed by atoms with Crippen molar-refractivity contribution < 1.29 is 9.59 Å². The number of piperazine rings is 1. The monoisotopic (exact) mass is 267 g/mol. The number of nitrogens with one attached hydrogen (secondary N) is 1. The second-order valence-corrected chi connectivity index (χ2v) is 5.73. The lowest BCUT2D eigenvalue weighted by Crippen LogP contribution is -2.60. The van der Waals surface area contributed by atoms with E-state index < -0.39 is 0 Å². The minimum absolute atomic E-state index is 0.0763. The van der Waals surface area contributed by atoms with Crippen LogP contribution < -0.4 is 5.32 Å². The first-order chi connectivity index (χ1) is 9.13. The van der Waals surface area contributed by atoms with Gasteiger partial charge in [0.15, 0.2) is 5.78 Å². The van der Waals surface area contributed by atoms with Gasteiger partial charge in [-0.25, -0.2) is 4.79 Å². The van der Waals surface area contributed by atoms with Crippen molar-refractivity contribution in [2.24, 2.45) is 5.92 Å². The van der Waals surface area contributed by atoms with E-state index in [-0.39, 0.29) is 23.8 Å². The van der Waals surface area contributed by atoms with Gasteiger partial charge in [-0.05, 0) is 26.3 Å². The number of hydrogen-bond donors (Lipinski definition) is 1. The van der Waals surface area contributed by atoms with E-state index in [1.807, 2.05) is 14.0 Å². The zero-order valence-electron chi connectivity index (χ0n) is 12.0. The Morgan fingerprint density at radius 3 is 2.58 bits per heavy atom. The number of rotatable bonds is 4. The molecule has 19 heavy (non-hydrogen) atoms. The molecule has 0 aromatic rings. The Bertz CT molecular complexity index is 342. The molecule has 0 aromatic heterocycles. The second kappa shape index (κ2) is 6.37. The third-order valence-electron chi connectivity index (χ3n) is 4.21. The molecule has 108 valence electrons. The number of hydrogen-bond acceptors (Lipinski definition) is 3. The van der Waals surface area contributed by atoms with Gasteiger partial charge in [-0.3, -0.25) is 4.79 Å². The average molecular weight is 267 g/mol. The van der Waals surface area contributed by atoms with Crippen LogP contribution in [0.5, 0.6) is 0 Å². The summed E-state index contributed by atoms with van der Waals surface area (Å²) >= 11 is 0. The number of likely N-dealkylation sites (N-methyl/N-ethyl adjacent to an activating group) is 1. The van der Waals surface area contributed by atoms with Crippen molar-refractivity contribution >= 4 is 11.8 Å². The Balaban J connectivity index is 2.01. The summed E-state index contributed by atoms with van der Waals surface area (Å²) in [6.45, 7) is 4.87. The van der Waals surface area contributed by atoms with Gasteiger partial charge < -0.3 is 15.1 Å². The standard InChI is InChI=1S/C14H25N3O2/c1-3-7-15-14(19)17-9-8-16(2)10-12(17)13(18)11-5-4-6-11/h11-12H,3-10H2,1-2H3,(H,15,19). The highest BCUT2D eigenvalue weighted by atomic mass is 16.2. The van der Waals surface area contributed by atoms with Crippen molar-refractivity contribution in [2.45, 2.75) is 38.6 Å². The van der Waals surface area contributed by atoms with E-state index in [9.17, 15) is 9.59 Å². The highest BCUT2D eigenvalue weighted by Gasteiger charge is 2.38. The lowest BCUT2D eigenvalue weighted by molar-refractivity contribution is -0.131. The molecule has 5 heteroatoms. The fraction of sp³-hybridized carbons (Fsp3) is 0.857. The van der Waals surface area contributed by atoms with Crippen molar-refractivity contribution in [3.8, 4) is 0 Å². The molecule has 5 nitrogen and oxygen atoms in total. The van der Waals surface area contributed by atoms with E-state index in [4.69, 9.17) is 0 Å². The zero-order chi connectivity index (χ0) is 13.8. The molecule has 2 aliphatic rings. The molecule has 1 aliphatic heterocycles. The fourth-order valence-corrected chi connectivity index (χ4v) is 2.70. The minimum Gasteiger partial charge on any atom is -0.338 e. The SMILES string of the molecule is CCCNC(=O)N1CCN(C)CC1C(=O)C1CCC1. The maximum Gasteiger partial charge on any atom is 0.318 e. The summed E-state index contributed by atoms with van der Waals surface area (Å²) in [6, 6.07) is -0.325. The van der Waals surface area contributed by atoms with Crippen LogP contribution in [-0.4, -0.2) is 60.9 Å². The molecule has 0 aromatic carbocycles. The highest BCUT2D eigenvalue weighted by Crippen LogP contribution is 2.30. The molecule has 1 unspecified atom stereocenters. The molecule has 1 heterocycles. The maximum absolute atomic E-state index is 12.5. The van der Waals surface area contributed by atoms with Crippen LogP contribution in [0.2, 0.25) is 0 Å². The smallest absolute Gasteiger partial charge is 0.318 e. The Kier molecular flexibility index (Phi) is 4.80. The van der Waals surface area contributed by atoms with Crippen molar-refractivity contribution in [3.05, 3.63) is 0 Å². The molecule has 2 rings (SSSR count). The van der Waals surface area contributed by atoms with Crippen molar-refractivity contribution in [1.82, 2.24) is 15.1 Å². The quantitative estimate of drug-likeness (QED) is 0.829. The number of amides is 2. The van der Waals surface area contributed by atoms with Gasteiger partial charge >= 0.3 is 6.03 Å². The first kappa shape index (κ1) is 14.3. The number of urea groups is 1. The van der Waals surface area contributed by atoms with E-state index in [1.165, 1.54) is 0 Å². The number of Topliss-reactive ketones (excluding diaryl/α,β-unsaturated/α-hetero) is 1. The molecule has 0 spiro atoms. The normalized spacial score (nSPS) is 24.9. The van der Waals surface area contributed by atoms with Crippen LogP contribution in [0.4, 0.5) is 4.79 Å². The van der Waals surface area contributed by atoms with E-state index in [0.717, 1.165) is 32.2 Å². The lowest BCUT2D eigenvalue weighted by Gasteiger charge is -2.41. The van der Waals surface area contributed by atoms with Crippen LogP contribution in [0.25, 0.3) is 0 Å². The molecule has 0 bridgehead atoms. The first-order valence-electron chi connectivity index (χ1n) is 7.40. The molecular formula is C14H25N3O2. The Hall–Kier alpha value is -1.10. The molecule has 1 aliphatic carbocycles. The van der Waals surface area contributed by atoms with Gasteiger partial charge in [0.25, 0.3) is 0 Å². The summed E-state index contributed by atoms with van der Waals surface area (Å²) in [6.07, 6.45) is 4.08. The largest absolute Gasteiger partial charge is 0.338 e. The second-order valence-electron chi connectivity index (χ2n) is 5.73. The van der Waals surface area contributed by atoms with E-state index in [1.54, 1.807) is 4.90 Å². The van der Waals surface area contributed by atoms with E-state index in [0.29, 0.717) is 19.6 Å². The Morgan fingerprint density at radius 1 is 1.26 bits per heavy atom. The van der Waals surface area contributed by atoms with Gasteiger partial charge in [-0.2, -0.15) is 0 Å². The third kappa shape index (κ3) is 3.26.